The van der Waals surface area contributed by atoms with Gasteiger partial charge in [-0.05, 0) is 48.2 Å². The Bertz CT molecular complexity index is 714. The lowest BCUT2D eigenvalue weighted by atomic mass is 10.2. The number of hydrogen-bond acceptors (Lipinski definition) is 4. The first kappa shape index (κ1) is 19.3. The van der Waals surface area contributed by atoms with Gasteiger partial charge < -0.3 is 9.64 Å². The minimum Gasteiger partial charge on any atom is -0.484 e. The number of halogens is 1. The smallest absolute Gasteiger partial charge is 0.260 e. The van der Waals surface area contributed by atoms with E-state index in [0.29, 0.717) is 5.75 Å². The zero-order valence-electron chi connectivity index (χ0n) is 14.9. The van der Waals surface area contributed by atoms with E-state index in [1.807, 2.05) is 29.2 Å². The number of rotatable bonds is 6. The number of nitrogens with zero attached hydrogens (tertiary/aromatic N) is 2. The quantitative estimate of drug-likeness (QED) is 0.645. The van der Waals surface area contributed by atoms with Crippen LogP contribution in [0.3, 0.4) is 0 Å². The third-order valence-corrected chi connectivity index (χ3v) is 5.74. The Balaban J connectivity index is 1.42. The van der Waals surface area contributed by atoms with Crippen LogP contribution in [0.5, 0.6) is 5.75 Å². The maximum atomic E-state index is 12.3. The summed E-state index contributed by atoms with van der Waals surface area (Å²) >= 11 is 5.15. The van der Waals surface area contributed by atoms with Crippen molar-refractivity contribution in [1.82, 2.24) is 9.80 Å². The van der Waals surface area contributed by atoms with Gasteiger partial charge in [0.1, 0.15) is 5.75 Å². The van der Waals surface area contributed by atoms with Crippen LogP contribution in [0, 0.1) is 0 Å². The molecule has 6 heteroatoms. The molecule has 138 valence electrons. The fourth-order valence-electron chi connectivity index (χ4n) is 2.91. The Hall–Kier alpha value is -1.50. The number of benzene rings is 2. The van der Waals surface area contributed by atoms with E-state index < -0.39 is 0 Å². The summed E-state index contributed by atoms with van der Waals surface area (Å²) in [6, 6.07) is 16.2. The van der Waals surface area contributed by atoms with E-state index >= 15 is 0 Å². The van der Waals surface area contributed by atoms with Crippen LogP contribution in [-0.4, -0.2) is 54.7 Å². The van der Waals surface area contributed by atoms with Crippen molar-refractivity contribution in [3.05, 3.63) is 58.6 Å². The third kappa shape index (κ3) is 5.50. The first-order chi connectivity index (χ1) is 12.6. The minimum atomic E-state index is 0.0527. The lowest BCUT2D eigenvalue weighted by Gasteiger charge is -2.34. The van der Waals surface area contributed by atoms with Gasteiger partial charge in [0.15, 0.2) is 6.61 Å². The first-order valence-corrected chi connectivity index (χ1v) is 10.7. The summed E-state index contributed by atoms with van der Waals surface area (Å²) in [7, 11) is 0. The number of thioether (sulfide) groups is 1. The fraction of sp³-hybridized carbons (Fsp3) is 0.350. The van der Waals surface area contributed by atoms with E-state index in [-0.39, 0.29) is 12.5 Å². The molecule has 1 aliphatic heterocycles. The van der Waals surface area contributed by atoms with Gasteiger partial charge in [-0.2, -0.15) is 0 Å². The Labute approximate surface area is 167 Å². The van der Waals surface area contributed by atoms with Gasteiger partial charge in [0, 0.05) is 42.1 Å². The standard InChI is InChI=1S/C20H23BrN2O2S/c1-26-19-8-2-16(3-9-19)14-22-10-12-23(13-11-22)20(24)15-25-18-6-4-17(21)5-7-18/h2-9H,10-15H2,1H3. The van der Waals surface area contributed by atoms with Crippen molar-refractivity contribution in [2.45, 2.75) is 11.4 Å². The second-order valence-corrected chi connectivity index (χ2v) is 8.04. The molecule has 0 radical (unpaired) electrons. The maximum absolute atomic E-state index is 12.3. The molecule has 0 unspecified atom stereocenters. The number of piperazine rings is 1. The molecule has 0 spiro atoms. The number of hydrogen-bond donors (Lipinski definition) is 0. The topological polar surface area (TPSA) is 32.8 Å². The average molecular weight is 435 g/mol. The molecule has 2 aromatic rings. The van der Waals surface area contributed by atoms with Gasteiger partial charge >= 0.3 is 0 Å². The van der Waals surface area contributed by atoms with E-state index in [1.54, 1.807) is 11.8 Å². The summed E-state index contributed by atoms with van der Waals surface area (Å²) in [5.41, 5.74) is 1.32. The number of carbonyl (C=O) groups excluding carboxylic acids is 1. The molecule has 0 aromatic heterocycles. The molecule has 26 heavy (non-hydrogen) atoms. The lowest BCUT2D eigenvalue weighted by molar-refractivity contribution is -0.135. The van der Waals surface area contributed by atoms with Crippen molar-refractivity contribution in [2.75, 3.05) is 39.0 Å². The van der Waals surface area contributed by atoms with Crippen molar-refractivity contribution >= 4 is 33.6 Å². The van der Waals surface area contributed by atoms with Crippen molar-refractivity contribution in [3.8, 4) is 5.75 Å². The van der Waals surface area contributed by atoms with E-state index in [4.69, 9.17) is 4.74 Å². The Kier molecular flexibility index (Phi) is 7.00. The van der Waals surface area contributed by atoms with Crippen molar-refractivity contribution in [1.29, 1.82) is 0 Å². The van der Waals surface area contributed by atoms with Crippen LogP contribution in [0.25, 0.3) is 0 Å². The van der Waals surface area contributed by atoms with Gasteiger partial charge in [-0.15, -0.1) is 11.8 Å². The summed E-state index contributed by atoms with van der Waals surface area (Å²) in [5.74, 6) is 0.769. The normalized spacial score (nSPS) is 15.1. The molecule has 1 amide bonds. The second-order valence-electron chi connectivity index (χ2n) is 6.25. The molecule has 1 saturated heterocycles. The average Bonchev–Trinajstić information content (AvgIpc) is 2.68. The number of carbonyl (C=O) groups is 1. The van der Waals surface area contributed by atoms with E-state index in [9.17, 15) is 4.79 Å². The predicted molar refractivity (Wildman–Crippen MR) is 110 cm³/mol. The predicted octanol–water partition coefficient (Wildman–Crippen LogP) is 3.89. The molecule has 0 bridgehead atoms. The molecule has 2 aromatic carbocycles. The highest BCUT2D eigenvalue weighted by atomic mass is 79.9. The van der Waals surface area contributed by atoms with Crippen LogP contribution in [0.15, 0.2) is 57.9 Å². The van der Waals surface area contributed by atoms with E-state index in [0.717, 1.165) is 37.2 Å². The molecule has 0 atom stereocenters. The summed E-state index contributed by atoms with van der Waals surface area (Å²) < 4.78 is 6.59. The SMILES string of the molecule is CSc1ccc(CN2CCN(C(=O)COc3ccc(Br)cc3)CC2)cc1. The van der Waals surface area contributed by atoms with Crippen LogP contribution in [0.2, 0.25) is 0 Å². The van der Waals surface area contributed by atoms with Gasteiger partial charge in [-0.25, -0.2) is 0 Å². The molecule has 4 nitrogen and oxygen atoms in total. The Morgan fingerprint density at radius 1 is 1.04 bits per heavy atom. The fourth-order valence-corrected chi connectivity index (χ4v) is 3.58. The van der Waals surface area contributed by atoms with Gasteiger partial charge in [-0.1, -0.05) is 28.1 Å². The summed E-state index contributed by atoms with van der Waals surface area (Å²) in [6.45, 7) is 4.34. The van der Waals surface area contributed by atoms with Crippen molar-refractivity contribution in [2.24, 2.45) is 0 Å². The van der Waals surface area contributed by atoms with Gasteiger partial charge in [0.05, 0.1) is 0 Å². The van der Waals surface area contributed by atoms with E-state index in [1.165, 1.54) is 10.5 Å². The van der Waals surface area contributed by atoms with Crippen LogP contribution < -0.4 is 4.74 Å². The third-order valence-electron chi connectivity index (χ3n) is 4.47. The molecule has 1 fully saturated rings. The summed E-state index contributed by atoms with van der Waals surface area (Å²) in [4.78, 5) is 17.9. The Morgan fingerprint density at radius 2 is 1.69 bits per heavy atom. The highest BCUT2D eigenvalue weighted by Crippen LogP contribution is 2.17. The highest BCUT2D eigenvalue weighted by molar-refractivity contribution is 9.10. The molecular weight excluding hydrogens is 412 g/mol. The molecule has 3 rings (SSSR count). The van der Waals surface area contributed by atoms with Gasteiger partial charge in [0.2, 0.25) is 0 Å². The Morgan fingerprint density at radius 3 is 2.31 bits per heavy atom. The lowest BCUT2D eigenvalue weighted by Crippen LogP contribution is -2.49. The molecule has 0 aliphatic carbocycles. The summed E-state index contributed by atoms with van der Waals surface area (Å²) in [6.07, 6.45) is 2.09. The molecule has 1 heterocycles. The van der Waals surface area contributed by atoms with Crippen LogP contribution in [0.4, 0.5) is 0 Å². The van der Waals surface area contributed by atoms with Crippen LogP contribution in [0.1, 0.15) is 5.56 Å². The zero-order chi connectivity index (χ0) is 18.4. The van der Waals surface area contributed by atoms with Crippen molar-refractivity contribution in [3.63, 3.8) is 0 Å². The molecule has 0 N–H and O–H groups in total. The zero-order valence-corrected chi connectivity index (χ0v) is 17.3. The van der Waals surface area contributed by atoms with Gasteiger partial charge in [0.25, 0.3) is 5.91 Å². The monoisotopic (exact) mass is 434 g/mol. The number of ether oxygens (including phenoxy) is 1. The summed E-state index contributed by atoms with van der Waals surface area (Å²) in [5, 5.41) is 0. The maximum Gasteiger partial charge on any atom is 0.260 e. The molecule has 0 saturated carbocycles. The molecular formula is C20H23BrN2O2S. The van der Waals surface area contributed by atoms with Crippen LogP contribution >= 0.6 is 27.7 Å². The largest absolute Gasteiger partial charge is 0.484 e. The van der Waals surface area contributed by atoms with Crippen LogP contribution in [-0.2, 0) is 11.3 Å². The first-order valence-electron chi connectivity index (χ1n) is 8.65. The highest BCUT2D eigenvalue weighted by Gasteiger charge is 2.21. The van der Waals surface area contributed by atoms with Gasteiger partial charge in [-0.3, -0.25) is 9.69 Å². The number of amides is 1. The molecule has 1 aliphatic rings. The minimum absolute atomic E-state index is 0.0527. The van der Waals surface area contributed by atoms with Crippen molar-refractivity contribution < 1.29 is 9.53 Å². The van der Waals surface area contributed by atoms with E-state index in [2.05, 4.69) is 51.4 Å². The second kappa shape index (κ2) is 9.44.